The summed E-state index contributed by atoms with van der Waals surface area (Å²) in [5.74, 6) is -2.30. The smallest absolute Gasteiger partial charge is 0.223 e. The quantitative estimate of drug-likeness (QED) is 0.455. The first-order valence-electron chi connectivity index (χ1n) is 12.9. The number of piperidine rings is 1. The second-order valence-electron chi connectivity index (χ2n) is 10.1. The third-order valence-corrected chi connectivity index (χ3v) is 9.93. The molecule has 2 N–H and O–H groups in total. The van der Waals surface area contributed by atoms with E-state index < -0.39 is 38.6 Å². The lowest BCUT2D eigenvalue weighted by molar-refractivity contribution is 0.196. The molecule has 2 unspecified atom stereocenters. The van der Waals surface area contributed by atoms with Gasteiger partial charge in [-0.2, -0.15) is 0 Å². The van der Waals surface area contributed by atoms with E-state index in [1.54, 1.807) is 16.7 Å². The lowest BCUT2D eigenvalue weighted by Crippen LogP contribution is -2.43. The Bertz CT molecular complexity index is 1210. The maximum Gasteiger partial charge on any atom is 0.223 e. The average Bonchev–Trinajstić information content (AvgIpc) is 3.61. The van der Waals surface area contributed by atoms with E-state index in [2.05, 4.69) is 20.6 Å². The fourth-order valence-electron chi connectivity index (χ4n) is 5.36. The second-order valence-corrected chi connectivity index (χ2v) is 12.3. The molecule has 0 spiro atoms. The summed E-state index contributed by atoms with van der Waals surface area (Å²) in [7, 11) is -3.29. The summed E-state index contributed by atoms with van der Waals surface area (Å²) < 4.78 is 79.4. The Kier molecular flexibility index (Phi) is 8.36. The number of nitrogens with zero attached hydrogens (tertiary/aromatic N) is 3. The van der Waals surface area contributed by atoms with E-state index in [-0.39, 0.29) is 18.2 Å². The lowest BCUT2D eigenvalue weighted by Gasteiger charge is -2.32. The molecule has 1 aromatic carbocycles. The van der Waals surface area contributed by atoms with Crippen LogP contribution in [0.25, 0.3) is 0 Å². The maximum atomic E-state index is 14.3. The highest BCUT2D eigenvalue weighted by Crippen LogP contribution is 2.29. The fraction of sp³-hybridized carbons (Fsp3) is 0.600. The number of anilines is 1. The van der Waals surface area contributed by atoms with Crippen molar-refractivity contribution in [3.8, 4) is 5.75 Å². The molecule has 3 aliphatic rings. The van der Waals surface area contributed by atoms with Crippen LogP contribution < -0.4 is 15.4 Å². The molecule has 0 bridgehead atoms. The van der Waals surface area contributed by atoms with Crippen molar-refractivity contribution < 1.29 is 31.1 Å². The number of rotatable bonds is 9. The van der Waals surface area contributed by atoms with Crippen molar-refractivity contribution in [2.24, 2.45) is 5.92 Å². The summed E-state index contributed by atoms with van der Waals surface area (Å²) in [6, 6.07) is 1.17. The van der Waals surface area contributed by atoms with Gasteiger partial charge in [0, 0.05) is 50.8 Å². The molecule has 1 aromatic heterocycles. The Morgan fingerprint density at radius 3 is 2.50 bits per heavy atom. The van der Waals surface area contributed by atoms with Gasteiger partial charge in [0.25, 0.3) is 0 Å². The van der Waals surface area contributed by atoms with Crippen LogP contribution in [0.4, 0.5) is 19.1 Å². The Labute approximate surface area is 220 Å². The number of hydrogen-bond acceptors (Lipinski definition) is 8. The minimum atomic E-state index is -3.29. The largest absolute Gasteiger partial charge is 0.490 e. The first-order valence-corrected chi connectivity index (χ1v) is 14.4. The van der Waals surface area contributed by atoms with E-state index >= 15 is 0 Å². The molecule has 9 nitrogen and oxygen atoms in total. The molecule has 4 heterocycles. The molecule has 2 aromatic rings. The predicted molar refractivity (Wildman–Crippen MR) is 134 cm³/mol. The molecule has 0 aliphatic carbocycles. The molecule has 13 heteroatoms. The second kappa shape index (κ2) is 11.7. The zero-order valence-electron chi connectivity index (χ0n) is 20.9. The third-order valence-electron chi connectivity index (χ3n) is 7.63. The van der Waals surface area contributed by atoms with Gasteiger partial charge in [-0.05, 0) is 43.2 Å². The van der Waals surface area contributed by atoms with Crippen molar-refractivity contribution in [3.05, 3.63) is 47.5 Å². The summed E-state index contributed by atoms with van der Waals surface area (Å²) in [6.07, 6.45) is 6.05. The van der Waals surface area contributed by atoms with E-state index in [4.69, 9.17) is 9.47 Å². The Morgan fingerprint density at radius 2 is 1.79 bits per heavy atom. The topological polar surface area (TPSA) is 106 Å². The van der Waals surface area contributed by atoms with Gasteiger partial charge < -0.3 is 20.1 Å². The molecule has 38 heavy (non-hydrogen) atoms. The zero-order chi connectivity index (χ0) is 26.7. The van der Waals surface area contributed by atoms with Gasteiger partial charge in [0.05, 0.1) is 25.6 Å². The number of benzene rings is 1. The van der Waals surface area contributed by atoms with Crippen LogP contribution in [0.2, 0.25) is 0 Å². The highest BCUT2D eigenvalue weighted by atomic mass is 32.2. The summed E-state index contributed by atoms with van der Waals surface area (Å²) in [6.45, 7) is 3.20. The molecule has 3 atom stereocenters. The van der Waals surface area contributed by atoms with Gasteiger partial charge >= 0.3 is 0 Å². The van der Waals surface area contributed by atoms with Crippen LogP contribution in [0.3, 0.4) is 0 Å². The first-order chi connectivity index (χ1) is 18.3. The molecule has 3 saturated heterocycles. The van der Waals surface area contributed by atoms with Crippen molar-refractivity contribution in [3.63, 3.8) is 0 Å². The Hall–Kier alpha value is -2.48. The number of aromatic nitrogens is 2. The summed E-state index contributed by atoms with van der Waals surface area (Å²) >= 11 is 0. The van der Waals surface area contributed by atoms with Gasteiger partial charge in [-0.1, -0.05) is 0 Å². The van der Waals surface area contributed by atoms with Crippen molar-refractivity contribution in [1.82, 2.24) is 19.6 Å². The number of sulfonamides is 1. The highest BCUT2D eigenvalue weighted by Gasteiger charge is 2.37. The standard InChI is InChI=1S/C25H32F3N5O4S/c26-21-10-23(28)22(27)9-19(21)20-13-29-14-24(20)32-25-30-11-17(12-31-25)37-8-3-16-1-5-33(6-2-16)38(34,35)18-4-7-36-15-18/h9-12,16,18,20,24,29H,1-8,13-15H2,(H,30,31,32)/t18-,20?,24?/m0/s1. The molecule has 208 valence electrons. The summed E-state index contributed by atoms with van der Waals surface area (Å²) in [5.41, 5.74) is 0.0994. The minimum absolute atomic E-state index is 0.0994. The van der Waals surface area contributed by atoms with E-state index in [0.29, 0.717) is 69.5 Å². The molecule has 3 aliphatic heterocycles. The van der Waals surface area contributed by atoms with Gasteiger partial charge in [0.1, 0.15) is 11.1 Å². The number of ether oxygens (including phenoxy) is 2. The van der Waals surface area contributed by atoms with E-state index in [1.807, 2.05) is 0 Å². The van der Waals surface area contributed by atoms with Gasteiger partial charge in [-0.15, -0.1) is 0 Å². The van der Waals surface area contributed by atoms with Gasteiger partial charge in [-0.25, -0.2) is 35.9 Å². The normalized spacial score (nSPS) is 25.1. The predicted octanol–water partition coefficient (Wildman–Crippen LogP) is 2.66. The van der Waals surface area contributed by atoms with Crippen LogP contribution in [-0.2, 0) is 14.8 Å². The summed E-state index contributed by atoms with van der Waals surface area (Å²) in [4.78, 5) is 8.56. The van der Waals surface area contributed by atoms with E-state index in [0.717, 1.165) is 25.3 Å². The average molecular weight is 556 g/mol. The Balaban J connectivity index is 1.07. The monoisotopic (exact) mass is 555 g/mol. The highest BCUT2D eigenvalue weighted by molar-refractivity contribution is 7.89. The number of halogens is 3. The zero-order valence-corrected chi connectivity index (χ0v) is 21.7. The van der Waals surface area contributed by atoms with Crippen LogP contribution in [0, 0.1) is 23.4 Å². The maximum absolute atomic E-state index is 14.3. The number of hydrogen-bond donors (Lipinski definition) is 2. The van der Waals surface area contributed by atoms with Gasteiger partial charge in [0.2, 0.25) is 16.0 Å². The van der Waals surface area contributed by atoms with E-state index in [9.17, 15) is 21.6 Å². The minimum Gasteiger partial charge on any atom is -0.490 e. The SMILES string of the molecule is O=S(=O)([C@H]1CCOC1)N1CCC(CCOc2cnc(NC3CNCC3c3cc(F)c(F)cc3F)nc2)CC1. The van der Waals surface area contributed by atoms with Crippen LogP contribution >= 0.6 is 0 Å². The van der Waals surface area contributed by atoms with Crippen molar-refractivity contribution in [2.45, 2.75) is 42.9 Å². The van der Waals surface area contributed by atoms with Crippen LogP contribution in [-0.4, -0.2) is 80.0 Å². The number of nitrogens with one attached hydrogen (secondary N) is 2. The summed E-state index contributed by atoms with van der Waals surface area (Å²) in [5, 5.41) is 5.85. The lowest BCUT2D eigenvalue weighted by atomic mass is 9.93. The van der Waals surface area contributed by atoms with Crippen molar-refractivity contribution in [1.29, 1.82) is 0 Å². The van der Waals surface area contributed by atoms with Crippen molar-refractivity contribution in [2.75, 3.05) is 51.3 Å². The fourth-order valence-corrected chi connectivity index (χ4v) is 7.17. The van der Waals surface area contributed by atoms with E-state index in [1.165, 1.54) is 0 Å². The van der Waals surface area contributed by atoms with Gasteiger partial charge in [-0.3, -0.25) is 0 Å². The Morgan fingerprint density at radius 1 is 1.05 bits per heavy atom. The molecule has 0 radical (unpaired) electrons. The molecular formula is C25H32F3N5O4S. The molecule has 0 amide bonds. The van der Waals surface area contributed by atoms with Crippen molar-refractivity contribution >= 4 is 16.0 Å². The molecule has 3 fully saturated rings. The third kappa shape index (κ3) is 6.05. The first kappa shape index (κ1) is 27.1. The van der Waals surface area contributed by atoms with Crippen LogP contribution in [0.5, 0.6) is 5.75 Å². The van der Waals surface area contributed by atoms with Gasteiger partial charge in [0.15, 0.2) is 17.4 Å². The molecule has 5 rings (SSSR count). The van der Waals surface area contributed by atoms with Crippen LogP contribution in [0.1, 0.15) is 37.2 Å². The molecule has 0 saturated carbocycles. The van der Waals surface area contributed by atoms with Crippen LogP contribution in [0.15, 0.2) is 24.5 Å². The molecular weight excluding hydrogens is 523 g/mol.